The largest absolute Gasteiger partial charge is 0.396 e. The van der Waals surface area contributed by atoms with Crippen LogP contribution in [0.3, 0.4) is 0 Å². The molecule has 0 saturated carbocycles. The summed E-state index contributed by atoms with van der Waals surface area (Å²) < 4.78 is 0. The first-order valence-corrected chi connectivity index (χ1v) is 5.29. The highest BCUT2D eigenvalue weighted by molar-refractivity contribution is 5.81. The lowest BCUT2D eigenvalue weighted by Crippen LogP contribution is -2.44. The zero-order chi connectivity index (χ0) is 12.1. The molecule has 3 N–H and O–H groups in total. The molecule has 0 aliphatic carbocycles. The second-order valence-corrected chi connectivity index (χ2v) is 5.39. The predicted octanol–water partition coefficient (Wildman–Crippen LogP) is 0.367. The van der Waals surface area contributed by atoms with Crippen molar-refractivity contribution in [3.63, 3.8) is 0 Å². The van der Waals surface area contributed by atoms with Crippen LogP contribution in [0.4, 0.5) is 0 Å². The van der Waals surface area contributed by atoms with Crippen LogP contribution >= 0.6 is 0 Å². The first kappa shape index (κ1) is 14.4. The Bertz CT molecular complexity index is 213. The van der Waals surface area contributed by atoms with Gasteiger partial charge in [0.15, 0.2) is 0 Å². The third-order valence-corrected chi connectivity index (χ3v) is 2.44. The minimum absolute atomic E-state index is 0.0248. The van der Waals surface area contributed by atoms with Crippen LogP contribution in [0.25, 0.3) is 0 Å². The second kappa shape index (κ2) is 5.47. The number of hydrogen-bond donors (Lipinski definition) is 3. The summed E-state index contributed by atoms with van der Waals surface area (Å²) in [5.74, 6) is 0.0248. The monoisotopic (exact) mass is 216 g/mol. The number of carbonyl (C=O) groups excluding carboxylic acids is 1. The Labute approximate surface area is 92.4 Å². The normalized spacial score (nSPS) is 12.7. The molecule has 0 aromatic carbocycles. The average Bonchev–Trinajstić information content (AvgIpc) is 2.16. The van der Waals surface area contributed by atoms with Crippen molar-refractivity contribution in [1.82, 2.24) is 10.6 Å². The van der Waals surface area contributed by atoms with E-state index in [1.165, 1.54) is 0 Å². The molecule has 1 amide bonds. The maximum atomic E-state index is 11.5. The number of aliphatic hydroxyl groups excluding tert-OH is 1. The third kappa shape index (κ3) is 5.14. The molecule has 0 atom stereocenters. The van der Waals surface area contributed by atoms with E-state index >= 15 is 0 Å². The molecule has 4 nitrogen and oxygen atoms in total. The van der Waals surface area contributed by atoms with Crippen molar-refractivity contribution < 1.29 is 9.90 Å². The lowest BCUT2D eigenvalue weighted by molar-refractivity contribution is -0.128. The molecule has 90 valence electrons. The van der Waals surface area contributed by atoms with Crippen LogP contribution in [-0.2, 0) is 4.79 Å². The van der Waals surface area contributed by atoms with Crippen LogP contribution in [0, 0.1) is 10.8 Å². The van der Waals surface area contributed by atoms with Gasteiger partial charge in [-0.3, -0.25) is 4.79 Å². The van der Waals surface area contributed by atoms with E-state index in [-0.39, 0.29) is 17.9 Å². The van der Waals surface area contributed by atoms with Gasteiger partial charge in [-0.25, -0.2) is 0 Å². The minimum Gasteiger partial charge on any atom is -0.396 e. The molecule has 0 saturated heterocycles. The highest BCUT2D eigenvalue weighted by atomic mass is 16.3. The minimum atomic E-state index is -0.416. The molecule has 0 rings (SSSR count). The van der Waals surface area contributed by atoms with Crippen molar-refractivity contribution in [2.75, 3.05) is 26.7 Å². The number of nitrogens with one attached hydrogen (secondary N) is 2. The molecule has 0 spiro atoms. The van der Waals surface area contributed by atoms with Crippen molar-refractivity contribution in [3.8, 4) is 0 Å². The quantitative estimate of drug-likeness (QED) is 0.601. The van der Waals surface area contributed by atoms with E-state index in [0.717, 1.165) is 0 Å². The Balaban J connectivity index is 4.00. The first-order valence-electron chi connectivity index (χ1n) is 5.29. The molecule has 0 aliphatic heterocycles. The predicted molar refractivity (Wildman–Crippen MR) is 61.6 cm³/mol. The smallest absolute Gasteiger partial charge is 0.226 e. The Morgan fingerprint density at radius 2 is 1.73 bits per heavy atom. The van der Waals surface area contributed by atoms with Crippen molar-refractivity contribution >= 4 is 5.91 Å². The highest BCUT2D eigenvalue weighted by Crippen LogP contribution is 2.15. The van der Waals surface area contributed by atoms with Gasteiger partial charge in [-0.1, -0.05) is 13.8 Å². The summed E-state index contributed by atoms with van der Waals surface area (Å²) in [6.45, 7) is 9.19. The van der Waals surface area contributed by atoms with Gasteiger partial charge in [0, 0.05) is 32.2 Å². The fourth-order valence-electron chi connectivity index (χ4n) is 1.19. The van der Waals surface area contributed by atoms with Crippen molar-refractivity contribution in [2.24, 2.45) is 10.8 Å². The van der Waals surface area contributed by atoms with Crippen molar-refractivity contribution in [2.45, 2.75) is 27.7 Å². The molecule has 0 aliphatic rings. The number of rotatable bonds is 6. The summed E-state index contributed by atoms with van der Waals surface area (Å²) in [5, 5.41) is 14.9. The summed E-state index contributed by atoms with van der Waals surface area (Å²) in [4.78, 5) is 11.5. The number of amides is 1. The lowest BCUT2D eigenvalue weighted by Gasteiger charge is -2.27. The lowest BCUT2D eigenvalue weighted by atomic mass is 9.90. The van der Waals surface area contributed by atoms with Gasteiger partial charge in [-0.2, -0.15) is 0 Å². The van der Waals surface area contributed by atoms with Crippen molar-refractivity contribution in [1.29, 1.82) is 0 Å². The van der Waals surface area contributed by atoms with E-state index in [1.807, 2.05) is 27.7 Å². The molecule has 0 bridgehead atoms. The zero-order valence-electron chi connectivity index (χ0n) is 10.5. The highest BCUT2D eigenvalue weighted by Gasteiger charge is 2.27. The van der Waals surface area contributed by atoms with Gasteiger partial charge in [-0.15, -0.1) is 0 Å². The summed E-state index contributed by atoms with van der Waals surface area (Å²) in [5.41, 5.74) is -0.556. The van der Waals surface area contributed by atoms with Crippen LogP contribution in [0.2, 0.25) is 0 Å². The summed E-state index contributed by atoms with van der Waals surface area (Å²) in [6, 6.07) is 0. The van der Waals surface area contributed by atoms with Crippen LogP contribution in [0.5, 0.6) is 0 Å². The number of hydrogen-bond acceptors (Lipinski definition) is 3. The molecule has 0 radical (unpaired) electrons. The average molecular weight is 216 g/mol. The Kier molecular flexibility index (Phi) is 5.24. The summed E-state index contributed by atoms with van der Waals surface area (Å²) >= 11 is 0. The molecular weight excluding hydrogens is 192 g/mol. The van der Waals surface area contributed by atoms with Gasteiger partial charge >= 0.3 is 0 Å². The third-order valence-electron chi connectivity index (χ3n) is 2.44. The van der Waals surface area contributed by atoms with E-state index in [4.69, 9.17) is 5.11 Å². The number of carbonyl (C=O) groups is 1. The topological polar surface area (TPSA) is 61.4 Å². The molecule has 0 heterocycles. The Hall–Kier alpha value is -0.610. The molecule has 0 aromatic heterocycles. The van der Waals surface area contributed by atoms with Gasteiger partial charge in [0.2, 0.25) is 5.91 Å². The van der Waals surface area contributed by atoms with Crippen LogP contribution in [0.15, 0.2) is 0 Å². The molecule has 4 heteroatoms. The van der Waals surface area contributed by atoms with E-state index in [1.54, 1.807) is 7.05 Å². The van der Waals surface area contributed by atoms with E-state index < -0.39 is 5.41 Å². The van der Waals surface area contributed by atoms with E-state index in [2.05, 4.69) is 10.6 Å². The fourth-order valence-corrected chi connectivity index (χ4v) is 1.19. The molecule has 0 aromatic rings. The van der Waals surface area contributed by atoms with Gasteiger partial charge in [-0.05, 0) is 13.8 Å². The molecule has 0 fully saturated rings. The first-order chi connectivity index (χ1) is 6.75. The molecule has 0 unspecified atom stereocenters. The van der Waals surface area contributed by atoms with Crippen molar-refractivity contribution in [3.05, 3.63) is 0 Å². The standard InChI is InChI=1S/C11H24N2O2/c1-10(2,8-14)6-13-7-11(3,4)9(15)12-5/h13-14H,6-8H2,1-5H3,(H,12,15). The van der Waals surface area contributed by atoms with E-state index in [0.29, 0.717) is 13.1 Å². The van der Waals surface area contributed by atoms with E-state index in [9.17, 15) is 4.79 Å². The Morgan fingerprint density at radius 3 is 2.13 bits per heavy atom. The summed E-state index contributed by atoms with van der Waals surface area (Å²) in [7, 11) is 1.64. The van der Waals surface area contributed by atoms with Gasteiger partial charge in [0.05, 0.1) is 5.41 Å². The van der Waals surface area contributed by atoms with Crippen LogP contribution in [0.1, 0.15) is 27.7 Å². The van der Waals surface area contributed by atoms with Gasteiger partial charge < -0.3 is 15.7 Å². The van der Waals surface area contributed by atoms with Gasteiger partial charge in [0.1, 0.15) is 0 Å². The van der Waals surface area contributed by atoms with Crippen LogP contribution < -0.4 is 10.6 Å². The fraction of sp³-hybridized carbons (Fsp3) is 0.909. The molecule has 15 heavy (non-hydrogen) atoms. The maximum Gasteiger partial charge on any atom is 0.226 e. The number of aliphatic hydroxyl groups is 1. The molecular formula is C11H24N2O2. The second-order valence-electron chi connectivity index (χ2n) is 5.39. The van der Waals surface area contributed by atoms with Crippen LogP contribution in [-0.4, -0.2) is 37.8 Å². The zero-order valence-corrected chi connectivity index (χ0v) is 10.5. The van der Waals surface area contributed by atoms with Gasteiger partial charge in [0.25, 0.3) is 0 Å². The maximum absolute atomic E-state index is 11.5. The SMILES string of the molecule is CNC(=O)C(C)(C)CNCC(C)(C)CO. The summed E-state index contributed by atoms with van der Waals surface area (Å²) in [6.07, 6.45) is 0. The Morgan fingerprint density at radius 1 is 1.20 bits per heavy atom.